The van der Waals surface area contributed by atoms with Crippen LogP contribution in [0.1, 0.15) is 26.3 Å². The fourth-order valence-corrected chi connectivity index (χ4v) is 2.85. The number of ether oxygens (including phenoxy) is 1. The van der Waals surface area contributed by atoms with E-state index in [0.29, 0.717) is 25.6 Å². The van der Waals surface area contributed by atoms with Crippen molar-refractivity contribution in [3.63, 3.8) is 0 Å². The number of benzene rings is 1. The Labute approximate surface area is 165 Å². The third-order valence-corrected chi connectivity index (χ3v) is 4.24. The maximum absolute atomic E-state index is 12.0. The van der Waals surface area contributed by atoms with Crippen molar-refractivity contribution in [2.75, 3.05) is 20.1 Å². The topological polar surface area (TPSA) is 83.8 Å². The molecule has 3 rings (SSSR count). The highest BCUT2D eigenvalue weighted by atomic mass is 16.6. The van der Waals surface area contributed by atoms with Crippen LogP contribution in [0.25, 0.3) is 5.69 Å². The summed E-state index contributed by atoms with van der Waals surface area (Å²) < 4.78 is 7.20. The van der Waals surface area contributed by atoms with E-state index in [-0.39, 0.29) is 12.1 Å². The minimum Gasteiger partial charge on any atom is -0.444 e. The van der Waals surface area contributed by atoms with Crippen LogP contribution >= 0.6 is 0 Å². The molecule has 1 amide bonds. The molecule has 0 atom stereocenters. The first kappa shape index (κ1) is 19.7. The van der Waals surface area contributed by atoms with E-state index in [1.165, 1.54) is 0 Å². The number of amides is 1. The largest absolute Gasteiger partial charge is 0.444 e. The number of hydrogen-bond donors (Lipinski definition) is 2. The van der Waals surface area contributed by atoms with Crippen LogP contribution in [-0.2, 0) is 11.3 Å². The van der Waals surface area contributed by atoms with Gasteiger partial charge in [0, 0.05) is 39.1 Å². The first-order valence-electron chi connectivity index (χ1n) is 9.38. The van der Waals surface area contributed by atoms with Crippen LogP contribution in [0.4, 0.5) is 4.79 Å². The van der Waals surface area contributed by atoms with Crippen LogP contribution in [0.3, 0.4) is 0 Å². The fraction of sp³-hybridized carbons (Fsp3) is 0.450. The van der Waals surface area contributed by atoms with Gasteiger partial charge >= 0.3 is 6.09 Å². The molecule has 1 aliphatic heterocycles. The number of aliphatic imine (C=N–C) groups is 1. The molecule has 2 heterocycles. The molecule has 1 aromatic heterocycles. The van der Waals surface area contributed by atoms with Crippen LogP contribution < -0.4 is 10.6 Å². The van der Waals surface area contributed by atoms with Crippen molar-refractivity contribution in [1.82, 2.24) is 25.3 Å². The molecule has 0 saturated carbocycles. The van der Waals surface area contributed by atoms with Gasteiger partial charge in [-0.05, 0) is 44.5 Å². The second-order valence-electron chi connectivity index (χ2n) is 7.77. The lowest BCUT2D eigenvalue weighted by Gasteiger charge is -2.40. The molecule has 0 aliphatic carbocycles. The monoisotopic (exact) mass is 384 g/mol. The average Bonchev–Trinajstić information content (AvgIpc) is 3.13. The maximum Gasteiger partial charge on any atom is 0.410 e. The number of nitrogens with one attached hydrogen (secondary N) is 2. The molecule has 1 fully saturated rings. The highest BCUT2D eigenvalue weighted by molar-refractivity contribution is 5.80. The van der Waals surface area contributed by atoms with Crippen molar-refractivity contribution < 1.29 is 9.53 Å². The van der Waals surface area contributed by atoms with Gasteiger partial charge in [-0.15, -0.1) is 0 Å². The summed E-state index contributed by atoms with van der Waals surface area (Å²) in [7, 11) is 1.74. The number of rotatable bonds is 4. The Bertz CT molecular complexity index is 819. The lowest BCUT2D eigenvalue weighted by Crippen LogP contribution is -2.63. The van der Waals surface area contributed by atoms with Crippen molar-refractivity contribution in [1.29, 1.82) is 0 Å². The van der Waals surface area contributed by atoms with Crippen molar-refractivity contribution >= 4 is 12.1 Å². The summed E-state index contributed by atoms with van der Waals surface area (Å²) in [5.41, 5.74) is 1.66. The molecule has 2 N–H and O–H groups in total. The minimum absolute atomic E-state index is 0.161. The Morgan fingerprint density at radius 3 is 2.75 bits per heavy atom. The first-order chi connectivity index (χ1) is 13.3. The molecule has 8 heteroatoms. The highest BCUT2D eigenvalue weighted by Crippen LogP contribution is 2.15. The smallest absolute Gasteiger partial charge is 0.410 e. The number of carbonyl (C=O) groups is 1. The Morgan fingerprint density at radius 1 is 1.32 bits per heavy atom. The Balaban J connectivity index is 1.46. The van der Waals surface area contributed by atoms with Crippen molar-refractivity contribution in [2.24, 2.45) is 4.99 Å². The van der Waals surface area contributed by atoms with Crippen LogP contribution in [0.5, 0.6) is 0 Å². The van der Waals surface area contributed by atoms with Crippen LogP contribution in [0.2, 0.25) is 0 Å². The molecule has 0 spiro atoms. The molecule has 1 saturated heterocycles. The van der Waals surface area contributed by atoms with Crippen molar-refractivity contribution in [2.45, 2.75) is 39.0 Å². The van der Waals surface area contributed by atoms with E-state index in [4.69, 9.17) is 4.74 Å². The van der Waals surface area contributed by atoms with Gasteiger partial charge in [-0.3, -0.25) is 4.99 Å². The van der Waals surface area contributed by atoms with Crippen LogP contribution in [-0.4, -0.2) is 58.5 Å². The lowest BCUT2D eigenvalue weighted by molar-refractivity contribution is 0.00701. The minimum atomic E-state index is -0.474. The quantitative estimate of drug-likeness (QED) is 0.623. The summed E-state index contributed by atoms with van der Waals surface area (Å²) in [6.45, 7) is 7.45. The Kier molecular flexibility index (Phi) is 5.87. The third-order valence-electron chi connectivity index (χ3n) is 4.24. The number of hydrogen-bond acceptors (Lipinski definition) is 4. The average molecular weight is 384 g/mol. The molecule has 28 heavy (non-hydrogen) atoms. The Hall–Kier alpha value is -3.03. The summed E-state index contributed by atoms with van der Waals surface area (Å²) in [4.78, 5) is 18.0. The molecule has 8 nitrogen and oxygen atoms in total. The summed E-state index contributed by atoms with van der Waals surface area (Å²) >= 11 is 0. The molecular formula is C20H28N6O2. The number of aromatic nitrogens is 2. The third kappa shape index (κ3) is 5.25. The van der Waals surface area contributed by atoms with Crippen LogP contribution in [0.15, 0.2) is 47.7 Å². The zero-order valence-corrected chi connectivity index (χ0v) is 16.8. The predicted octanol–water partition coefficient (Wildman–Crippen LogP) is 2.16. The van der Waals surface area contributed by atoms with Crippen LogP contribution in [0, 0.1) is 0 Å². The van der Waals surface area contributed by atoms with E-state index >= 15 is 0 Å². The second kappa shape index (κ2) is 8.33. The highest BCUT2D eigenvalue weighted by Gasteiger charge is 2.34. The van der Waals surface area contributed by atoms with E-state index in [1.807, 2.05) is 49.8 Å². The zero-order chi connectivity index (χ0) is 20.1. The molecule has 1 aromatic carbocycles. The van der Waals surface area contributed by atoms with Gasteiger partial charge < -0.3 is 20.3 Å². The van der Waals surface area contributed by atoms with Gasteiger partial charge in [-0.25, -0.2) is 9.48 Å². The molecule has 150 valence electrons. The number of nitrogens with zero attached hydrogens (tertiary/aromatic N) is 4. The number of carbonyl (C=O) groups excluding carboxylic acids is 1. The van der Waals surface area contributed by atoms with Gasteiger partial charge in [0.05, 0.1) is 11.7 Å². The molecule has 0 radical (unpaired) electrons. The van der Waals surface area contributed by atoms with E-state index in [0.717, 1.165) is 11.3 Å². The molecule has 0 unspecified atom stereocenters. The van der Waals surface area contributed by atoms with E-state index < -0.39 is 5.60 Å². The second-order valence-corrected chi connectivity index (χ2v) is 7.77. The summed E-state index contributed by atoms with van der Waals surface area (Å²) in [6.07, 6.45) is 3.40. The summed E-state index contributed by atoms with van der Waals surface area (Å²) in [5.74, 6) is 0.707. The molecule has 2 aromatic rings. The Morgan fingerprint density at radius 2 is 2.11 bits per heavy atom. The number of guanidine groups is 1. The van der Waals surface area contributed by atoms with Crippen molar-refractivity contribution in [3.8, 4) is 5.69 Å². The van der Waals surface area contributed by atoms with Gasteiger partial charge in [0.1, 0.15) is 5.60 Å². The van der Waals surface area contributed by atoms with E-state index in [1.54, 1.807) is 18.1 Å². The van der Waals surface area contributed by atoms with Crippen molar-refractivity contribution in [3.05, 3.63) is 48.3 Å². The molecule has 0 bridgehead atoms. The van der Waals surface area contributed by atoms with E-state index in [2.05, 4.69) is 32.9 Å². The fourth-order valence-electron chi connectivity index (χ4n) is 2.85. The summed E-state index contributed by atoms with van der Waals surface area (Å²) in [6, 6.07) is 10.2. The van der Waals surface area contributed by atoms with Gasteiger partial charge in [0.2, 0.25) is 0 Å². The summed E-state index contributed by atoms with van der Waals surface area (Å²) in [5, 5.41) is 10.9. The normalized spacial score (nSPS) is 15.1. The van der Waals surface area contributed by atoms with Gasteiger partial charge in [-0.1, -0.05) is 12.1 Å². The molecular weight excluding hydrogens is 356 g/mol. The predicted molar refractivity (Wildman–Crippen MR) is 108 cm³/mol. The van der Waals surface area contributed by atoms with Gasteiger partial charge in [0.15, 0.2) is 5.96 Å². The lowest BCUT2D eigenvalue weighted by atomic mass is 10.1. The zero-order valence-electron chi connectivity index (χ0n) is 16.8. The van der Waals surface area contributed by atoms with E-state index in [9.17, 15) is 4.79 Å². The van der Waals surface area contributed by atoms with Gasteiger partial charge in [-0.2, -0.15) is 5.10 Å². The van der Waals surface area contributed by atoms with Gasteiger partial charge in [0.25, 0.3) is 0 Å². The first-order valence-corrected chi connectivity index (χ1v) is 9.38. The maximum atomic E-state index is 12.0. The SMILES string of the molecule is CN=C(NCc1cccc(-n2cccn2)c1)NC1CN(C(=O)OC(C)(C)C)C1. The standard InChI is InChI=1S/C20H28N6O2/c1-20(2,3)28-19(27)25-13-16(14-25)24-18(21-4)22-12-15-7-5-8-17(11-15)26-10-6-9-23-26/h5-11,16H,12-14H2,1-4H3,(H2,21,22,24). The number of likely N-dealkylation sites (tertiary alicyclic amines) is 1. The molecule has 1 aliphatic rings.